The first-order chi connectivity index (χ1) is 15.8. The zero-order valence-electron chi connectivity index (χ0n) is 17.8. The molecular weight excluding hydrogens is 460 g/mol. The van der Waals surface area contributed by atoms with Crippen molar-refractivity contribution in [2.75, 3.05) is 5.32 Å². The monoisotopic (exact) mass is 480 g/mol. The average molecular weight is 481 g/mol. The molecule has 0 radical (unpaired) electrons. The van der Waals surface area contributed by atoms with Gasteiger partial charge in [0.1, 0.15) is 11.4 Å². The Balaban J connectivity index is 1.82. The number of aryl methyl sites for hydroxylation is 1. The van der Waals surface area contributed by atoms with E-state index in [-0.39, 0.29) is 22.7 Å². The number of benzene rings is 3. The van der Waals surface area contributed by atoms with Gasteiger partial charge in [0.05, 0.1) is 10.4 Å². The van der Waals surface area contributed by atoms with Crippen LogP contribution >= 0.6 is 11.6 Å². The number of carbonyl (C=O) groups is 1. The second-order valence-electron chi connectivity index (χ2n) is 7.53. The van der Waals surface area contributed by atoms with E-state index in [0.29, 0.717) is 16.2 Å². The normalized spacial score (nSPS) is 11.5. The van der Waals surface area contributed by atoms with Gasteiger partial charge in [0.2, 0.25) is 21.2 Å². The smallest absolute Gasteiger partial charge is 0.244 e. The molecule has 1 aromatic heterocycles. The summed E-state index contributed by atoms with van der Waals surface area (Å²) in [6.07, 6.45) is 1.99. The van der Waals surface area contributed by atoms with Crippen LogP contribution in [0.2, 0.25) is 5.02 Å². The van der Waals surface area contributed by atoms with E-state index in [0.717, 1.165) is 12.0 Å². The second-order valence-corrected chi connectivity index (χ2v) is 9.88. The average Bonchev–Trinajstić information content (AvgIpc) is 2.81. The number of rotatable bonds is 6. The van der Waals surface area contributed by atoms with E-state index in [1.54, 1.807) is 48.5 Å². The van der Waals surface area contributed by atoms with Crippen molar-refractivity contribution in [1.82, 2.24) is 4.57 Å². The number of sulfone groups is 1. The van der Waals surface area contributed by atoms with Crippen LogP contribution in [0.25, 0.3) is 10.9 Å². The summed E-state index contributed by atoms with van der Waals surface area (Å²) >= 11 is 6.10. The Morgan fingerprint density at radius 2 is 1.70 bits per heavy atom. The highest BCUT2D eigenvalue weighted by Crippen LogP contribution is 2.24. The number of anilines is 1. The van der Waals surface area contributed by atoms with Crippen LogP contribution in [-0.4, -0.2) is 18.9 Å². The number of nitrogens with one attached hydrogen (secondary N) is 1. The number of carbonyl (C=O) groups excluding carboxylic acids is 1. The minimum Gasteiger partial charge on any atom is -0.336 e. The standard InChI is InChI=1S/C25H21ClN2O4S/c1-2-17-8-11-20(12-9-17)33(31,32)23-15-28(16-24(29)27-19-6-4-3-5-7-19)22-13-10-18(26)14-21(22)25(23)30/h3-15H,2,16H2,1H3,(H,27,29). The maximum atomic E-state index is 13.4. The van der Waals surface area contributed by atoms with Gasteiger partial charge in [0.15, 0.2) is 0 Å². The fourth-order valence-electron chi connectivity index (χ4n) is 3.57. The van der Waals surface area contributed by atoms with Crippen LogP contribution in [0.15, 0.2) is 93.6 Å². The molecule has 1 heterocycles. The number of nitrogens with zero attached hydrogens (tertiary/aromatic N) is 1. The van der Waals surface area contributed by atoms with E-state index < -0.39 is 20.2 Å². The van der Waals surface area contributed by atoms with Crippen LogP contribution in [-0.2, 0) is 27.6 Å². The van der Waals surface area contributed by atoms with Gasteiger partial charge in [0.25, 0.3) is 0 Å². The largest absolute Gasteiger partial charge is 0.336 e. The van der Waals surface area contributed by atoms with Crippen LogP contribution in [0.4, 0.5) is 5.69 Å². The maximum Gasteiger partial charge on any atom is 0.244 e. The van der Waals surface area contributed by atoms with Crippen molar-refractivity contribution in [2.45, 2.75) is 29.7 Å². The van der Waals surface area contributed by atoms with E-state index in [1.165, 1.54) is 29.0 Å². The summed E-state index contributed by atoms with van der Waals surface area (Å²) in [7, 11) is -4.12. The Morgan fingerprint density at radius 3 is 2.36 bits per heavy atom. The molecule has 6 nitrogen and oxygen atoms in total. The van der Waals surface area contributed by atoms with Gasteiger partial charge in [-0.25, -0.2) is 8.42 Å². The van der Waals surface area contributed by atoms with E-state index >= 15 is 0 Å². The fourth-order valence-corrected chi connectivity index (χ4v) is 5.11. The van der Waals surface area contributed by atoms with Crippen molar-refractivity contribution in [3.63, 3.8) is 0 Å². The topological polar surface area (TPSA) is 85.2 Å². The van der Waals surface area contributed by atoms with Gasteiger partial charge < -0.3 is 9.88 Å². The van der Waals surface area contributed by atoms with Gasteiger partial charge in [-0.1, -0.05) is 48.9 Å². The number of hydrogen-bond donors (Lipinski definition) is 1. The highest BCUT2D eigenvalue weighted by Gasteiger charge is 2.24. The predicted octanol–water partition coefficient (Wildman–Crippen LogP) is 4.69. The molecule has 0 aliphatic rings. The van der Waals surface area contributed by atoms with Crippen molar-refractivity contribution >= 4 is 43.9 Å². The molecule has 4 rings (SSSR count). The fraction of sp³-hybridized carbons (Fsp3) is 0.120. The first kappa shape index (κ1) is 22.8. The number of aromatic nitrogens is 1. The third-order valence-electron chi connectivity index (χ3n) is 5.31. The minimum atomic E-state index is -4.12. The van der Waals surface area contributed by atoms with E-state index in [2.05, 4.69) is 5.32 Å². The number of halogens is 1. The minimum absolute atomic E-state index is 0.0125. The third-order valence-corrected chi connectivity index (χ3v) is 7.31. The summed E-state index contributed by atoms with van der Waals surface area (Å²) in [6.45, 7) is 1.78. The number of fused-ring (bicyclic) bond motifs is 1. The SMILES string of the molecule is CCc1ccc(S(=O)(=O)c2cn(CC(=O)Nc3ccccc3)c3ccc(Cl)cc3c2=O)cc1. The molecule has 0 bridgehead atoms. The van der Waals surface area contributed by atoms with Crippen LogP contribution in [0.3, 0.4) is 0 Å². The highest BCUT2D eigenvalue weighted by molar-refractivity contribution is 7.91. The molecule has 168 valence electrons. The summed E-state index contributed by atoms with van der Waals surface area (Å²) in [5, 5.41) is 3.19. The quantitative estimate of drug-likeness (QED) is 0.434. The molecule has 0 saturated carbocycles. The lowest BCUT2D eigenvalue weighted by Gasteiger charge is -2.14. The molecule has 33 heavy (non-hydrogen) atoms. The maximum absolute atomic E-state index is 13.4. The number of amides is 1. The lowest BCUT2D eigenvalue weighted by molar-refractivity contribution is -0.116. The van der Waals surface area contributed by atoms with Gasteiger partial charge in [-0.15, -0.1) is 0 Å². The molecule has 0 aliphatic heterocycles. The molecule has 1 amide bonds. The zero-order chi connectivity index (χ0) is 23.6. The second kappa shape index (κ2) is 9.21. The van der Waals surface area contributed by atoms with Crippen LogP contribution in [0.1, 0.15) is 12.5 Å². The summed E-state index contributed by atoms with van der Waals surface area (Å²) in [5.74, 6) is -0.364. The summed E-state index contributed by atoms with van der Waals surface area (Å²) in [4.78, 5) is 25.5. The van der Waals surface area contributed by atoms with E-state index in [9.17, 15) is 18.0 Å². The Bertz CT molecular complexity index is 1500. The van der Waals surface area contributed by atoms with E-state index in [1.807, 2.05) is 13.0 Å². The lowest BCUT2D eigenvalue weighted by atomic mass is 10.2. The van der Waals surface area contributed by atoms with Crippen molar-refractivity contribution in [3.05, 3.63) is 99.8 Å². The van der Waals surface area contributed by atoms with Crippen LogP contribution < -0.4 is 10.7 Å². The Morgan fingerprint density at radius 1 is 1.00 bits per heavy atom. The molecule has 4 aromatic rings. The molecular formula is C25H21ClN2O4S. The third kappa shape index (κ3) is 4.69. The summed E-state index contributed by atoms with van der Waals surface area (Å²) in [6, 6.07) is 19.9. The van der Waals surface area contributed by atoms with Crippen molar-refractivity contribution in [2.24, 2.45) is 0 Å². The zero-order valence-corrected chi connectivity index (χ0v) is 19.4. The molecule has 0 unspecified atom stereocenters. The van der Waals surface area contributed by atoms with Gasteiger partial charge in [-0.05, 0) is 54.4 Å². The van der Waals surface area contributed by atoms with Crippen molar-refractivity contribution in [3.8, 4) is 0 Å². The summed E-state index contributed by atoms with van der Waals surface area (Å²) in [5.41, 5.74) is 1.34. The van der Waals surface area contributed by atoms with Crippen LogP contribution in [0.5, 0.6) is 0 Å². The molecule has 0 aliphatic carbocycles. The molecule has 0 fully saturated rings. The van der Waals surface area contributed by atoms with Crippen LogP contribution in [0, 0.1) is 0 Å². The molecule has 0 atom stereocenters. The molecule has 0 saturated heterocycles. The number of pyridine rings is 1. The molecule has 0 spiro atoms. The lowest BCUT2D eigenvalue weighted by Crippen LogP contribution is -2.24. The Kier molecular flexibility index (Phi) is 6.35. The first-order valence-corrected chi connectivity index (χ1v) is 12.2. The number of para-hydroxylation sites is 1. The van der Waals surface area contributed by atoms with Gasteiger partial charge >= 0.3 is 0 Å². The summed E-state index contributed by atoms with van der Waals surface area (Å²) < 4.78 is 28.2. The molecule has 3 aromatic carbocycles. The first-order valence-electron chi connectivity index (χ1n) is 10.3. The van der Waals surface area contributed by atoms with Crippen molar-refractivity contribution in [1.29, 1.82) is 0 Å². The van der Waals surface area contributed by atoms with Crippen molar-refractivity contribution < 1.29 is 13.2 Å². The molecule has 1 N–H and O–H groups in total. The molecule has 8 heteroatoms. The van der Waals surface area contributed by atoms with Gasteiger partial charge in [-0.2, -0.15) is 0 Å². The predicted molar refractivity (Wildman–Crippen MR) is 130 cm³/mol. The Labute approximate surface area is 196 Å². The highest BCUT2D eigenvalue weighted by atomic mass is 35.5. The van der Waals surface area contributed by atoms with E-state index in [4.69, 9.17) is 11.6 Å². The Hall–Kier alpha value is -3.42. The van der Waals surface area contributed by atoms with Gasteiger partial charge in [-0.3, -0.25) is 9.59 Å². The van der Waals surface area contributed by atoms with Gasteiger partial charge in [0, 0.05) is 22.3 Å². The number of hydrogen-bond acceptors (Lipinski definition) is 4.